The molecule has 0 unspecified atom stereocenters. The molecule has 7 heteroatoms. The molecule has 3 aromatic heterocycles. The smallest absolute Gasteiger partial charge is 0.259 e. The number of aromatic nitrogens is 4. The zero-order valence-corrected chi connectivity index (χ0v) is 18.7. The molecule has 0 fully saturated rings. The van der Waals surface area contributed by atoms with E-state index in [0.717, 1.165) is 28.2 Å². The molecule has 0 N–H and O–H groups in total. The van der Waals surface area contributed by atoms with E-state index < -0.39 is 0 Å². The van der Waals surface area contributed by atoms with Crippen molar-refractivity contribution in [2.45, 2.75) is 33.6 Å². The SMILES string of the molecule is CCN(CC)C(=O)c1c(N(C)c2ccccc2)c2cccnc2n2c(C(C)C)nnc12. The Hall–Kier alpha value is -3.48. The molecule has 0 bridgehead atoms. The maximum absolute atomic E-state index is 13.8. The summed E-state index contributed by atoms with van der Waals surface area (Å²) in [6.07, 6.45) is 1.77. The number of rotatable bonds is 6. The zero-order chi connectivity index (χ0) is 22.1. The van der Waals surface area contributed by atoms with Crippen molar-refractivity contribution >= 4 is 34.0 Å². The average molecular weight is 417 g/mol. The second kappa shape index (κ2) is 8.34. The standard InChI is InChI=1S/C24H28N6O/c1-6-29(7-2)24(31)19-20(28(5)17-12-9-8-10-13-17)18-14-11-15-25-22(18)30-21(16(3)4)26-27-23(19)30/h8-16H,6-7H2,1-5H3. The molecule has 0 aliphatic heterocycles. The molecule has 1 amide bonds. The van der Waals surface area contributed by atoms with E-state index in [0.29, 0.717) is 24.3 Å². The fourth-order valence-corrected chi connectivity index (χ4v) is 4.04. The van der Waals surface area contributed by atoms with Gasteiger partial charge >= 0.3 is 0 Å². The number of anilines is 2. The predicted molar refractivity (Wildman–Crippen MR) is 124 cm³/mol. The number of pyridine rings is 2. The van der Waals surface area contributed by atoms with E-state index in [4.69, 9.17) is 0 Å². The number of nitrogens with zero attached hydrogens (tertiary/aromatic N) is 6. The second-order valence-electron chi connectivity index (χ2n) is 7.84. The monoisotopic (exact) mass is 416 g/mol. The van der Waals surface area contributed by atoms with Crippen LogP contribution < -0.4 is 4.90 Å². The van der Waals surface area contributed by atoms with E-state index in [1.807, 2.05) is 77.6 Å². The molecule has 3 heterocycles. The van der Waals surface area contributed by atoms with Gasteiger partial charge in [0.25, 0.3) is 5.91 Å². The van der Waals surface area contributed by atoms with E-state index in [2.05, 4.69) is 29.0 Å². The highest BCUT2D eigenvalue weighted by atomic mass is 16.2. The molecular weight excluding hydrogens is 388 g/mol. The first kappa shape index (κ1) is 20.8. The molecule has 4 rings (SSSR count). The summed E-state index contributed by atoms with van der Waals surface area (Å²) in [4.78, 5) is 22.3. The van der Waals surface area contributed by atoms with Crippen molar-refractivity contribution in [1.82, 2.24) is 24.5 Å². The third-order valence-electron chi connectivity index (χ3n) is 5.66. The van der Waals surface area contributed by atoms with Crippen molar-refractivity contribution in [3.8, 4) is 0 Å². The van der Waals surface area contributed by atoms with Crippen LogP contribution in [0.2, 0.25) is 0 Å². The van der Waals surface area contributed by atoms with E-state index >= 15 is 0 Å². The molecule has 0 spiro atoms. The third kappa shape index (κ3) is 3.40. The van der Waals surface area contributed by atoms with Crippen molar-refractivity contribution in [1.29, 1.82) is 0 Å². The Morgan fingerprint density at radius 1 is 1.00 bits per heavy atom. The van der Waals surface area contributed by atoms with Gasteiger partial charge in [-0.05, 0) is 38.1 Å². The van der Waals surface area contributed by atoms with Crippen LogP contribution in [-0.4, -0.2) is 50.5 Å². The number of carbonyl (C=O) groups is 1. The molecule has 0 radical (unpaired) electrons. The van der Waals surface area contributed by atoms with Gasteiger partial charge in [0.1, 0.15) is 17.0 Å². The van der Waals surface area contributed by atoms with Gasteiger partial charge in [0, 0.05) is 43.3 Å². The largest absolute Gasteiger partial charge is 0.343 e. The number of hydrogen-bond donors (Lipinski definition) is 0. The van der Waals surface area contributed by atoms with Gasteiger partial charge < -0.3 is 9.80 Å². The molecule has 31 heavy (non-hydrogen) atoms. The van der Waals surface area contributed by atoms with Crippen LogP contribution in [0.3, 0.4) is 0 Å². The number of amides is 1. The Bertz CT molecular complexity index is 1230. The minimum Gasteiger partial charge on any atom is -0.343 e. The highest BCUT2D eigenvalue weighted by Crippen LogP contribution is 2.37. The lowest BCUT2D eigenvalue weighted by molar-refractivity contribution is 0.0775. The van der Waals surface area contributed by atoms with Crippen LogP contribution in [0.4, 0.5) is 11.4 Å². The highest BCUT2D eigenvalue weighted by Gasteiger charge is 2.29. The normalized spacial score (nSPS) is 11.4. The maximum atomic E-state index is 13.8. The lowest BCUT2D eigenvalue weighted by Crippen LogP contribution is -2.32. The highest BCUT2D eigenvalue weighted by molar-refractivity contribution is 6.13. The maximum Gasteiger partial charge on any atom is 0.259 e. The minimum absolute atomic E-state index is 0.0544. The summed E-state index contributed by atoms with van der Waals surface area (Å²) < 4.78 is 1.94. The van der Waals surface area contributed by atoms with Gasteiger partial charge in [-0.3, -0.25) is 9.20 Å². The Morgan fingerprint density at radius 3 is 2.35 bits per heavy atom. The molecule has 7 nitrogen and oxygen atoms in total. The van der Waals surface area contributed by atoms with Crippen LogP contribution in [0.15, 0.2) is 48.7 Å². The molecule has 0 aliphatic carbocycles. The fraction of sp³-hybridized carbons (Fsp3) is 0.333. The Balaban J connectivity index is 2.15. The number of carbonyl (C=O) groups excluding carboxylic acids is 1. The molecule has 1 aromatic carbocycles. The van der Waals surface area contributed by atoms with Gasteiger partial charge in [-0.1, -0.05) is 32.0 Å². The quantitative estimate of drug-likeness (QED) is 0.458. The van der Waals surface area contributed by atoms with Gasteiger partial charge in [0.15, 0.2) is 5.65 Å². The van der Waals surface area contributed by atoms with E-state index in [-0.39, 0.29) is 11.8 Å². The van der Waals surface area contributed by atoms with Gasteiger partial charge in [-0.15, -0.1) is 10.2 Å². The van der Waals surface area contributed by atoms with Crippen LogP contribution in [0.5, 0.6) is 0 Å². The van der Waals surface area contributed by atoms with Crippen LogP contribution in [0, 0.1) is 0 Å². The number of benzene rings is 1. The van der Waals surface area contributed by atoms with Crippen LogP contribution >= 0.6 is 0 Å². The summed E-state index contributed by atoms with van der Waals surface area (Å²) in [6, 6.07) is 13.9. The van der Waals surface area contributed by atoms with Gasteiger partial charge in [0.2, 0.25) is 0 Å². The Morgan fingerprint density at radius 2 is 1.71 bits per heavy atom. The fourth-order valence-electron chi connectivity index (χ4n) is 4.04. The lowest BCUT2D eigenvalue weighted by atomic mass is 10.1. The number of fused-ring (bicyclic) bond motifs is 3. The molecule has 0 saturated heterocycles. The second-order valence-corrected chi connectivity index (χ2v) is 7.84. The summed E-state index contributed by atoms with van der Waals surface area (Å²) in [5.41, 5.74) is 3.62. The summed E-state index contributed by atoms with van der Waals surface area (Å²) in [7, 11) is 1.98. The van der Waals surface area contributed by atoms with Crippen LogP contribution in [-0.2, 0) is 0 Å². The molecule has 160 valence electrons. The van der Waals surface area contributed by atoms with Gasteiger partial charge in [-0.2, -0.15) is 0 Å². The predicted octanol–water partition coefficient (Wildman–Crippen LogP) is 4.65. The summed E-state index contributed by atoms with van der Waals surface area (Å²) >= 11 is 0. The first-order chi connectivity index (χ1) is 15.0. The first-order valence-corrected chi connectivity index (χ1v) is 10.7. The molecule has 0 saturated carbocycles. The zero-order valence-electron chi connectivity index (χ0n) is 18.7. The van der Waals surface area contributed by atoms with E-state index in [1.165, 1.54) is 0 Å². The Kier molecular flexibility index (Phi) is 5.59. The van der Waals surface area contributed by atoms with E-state index in [9.17, 15) is 4.79 Å². The van der Waals surface area contributed by atoms with E-state index in [1.54, 1.807) is 6.20 Å². The first-order valence-electron chi connectivity index (χ1n) is 10.7. The summed E-state index contributed by atoms with van der Waals surface area (Å²) in [6.45, 7) is 9.36. The lowest BCUT2D eigenvalue weighted by Gasteiger charge is -2.27. The molecular formula is C24H28N6O. The Labute approximate surface area is 182 Å². The van der Waals surface area contributed by atoms with Crippen LogP contribution in [0.25, 0.3) is 16.7 Å². The topological polar surface area (TPSA) is 66.6 Å². The molecule has 0 aliphatic rings. The van der Waals surface area contributed by atoms with Gasteiger partial charge in [0.05, 0.1) is 5.69 Å². The number of hydrogen-bond acceptors (Lipinski definition) is 5. The third-order valence-corrected chi connectivity index (χ3v) is 5.66. The van der Waals surface area contributed by atoms with Crippen molar-refractivity contribution in [3.63, 3.8) is 0 Å². The number of para-hydroxylation sites is 1. The van der Waals surface area contributed by atoms with Crippen molar-refractivity contribution in [3.05, 3.63) is 60.0 Å². The van der Waals surface area contributed by atoms with Crippen molar-refractivity contribution in [2.24, 2.45) is 0 Å². The van der Waals surface area contributed by atoms with Crippen molar-refractivity contribution in [2.75, 3.05) is 25.0 Å². The minimum atomic E-state index is -0.0544. The molecule has 0 atom stereocenters. The molecule has 4 aromatic rings. The van der Waals surface area contributed by atoms with Gasteiger partial charge in [-0.25, -0.2) is 4.98 Å². The summed E-state index contributed by atoms with van der Waals surface area (Å²) in [5.74, 6) is 0.872. The summed E-state index contributed by atoms with van der Waals surface area (Å²) in [5, 5.41) is 9.84. The van der Waals surface area contributed by atoms with Crippen LogP contribution in [0.1, 0.15) is 49.8 Å². The van der Waals surface area contributed by atoms with Crippen molar-refractivity contribution < 1.29 is 4.79 Å². The average Bonchev–Trinajstić information content (AvgIpc) is 3.24.